The van der Waals surface area contributed by atoms with E-state index in [1.165, 1.54) is 0 Å². The van der Waals surface area contributed by atoms with Gasteiger partial charge in [0.15, 0.2) is 5.82 Å². The number of likely N-dealkylation sites (tertiary alicyclic amines) is 1. The van der Waals surface area contributed by atoms with Crippen LogP contribution in [0.4, 0.5) is 0 Å². The predicted molar refractivity (Wildman–Crippen MR) is 80.3 cm³/mol. The molecule has 1 saturated heterocycles. The second-order valence-electron chi connectivity index (χ2n) is 5.53. The number of aromatic nitrogens is 2. The van der Waals surface area contributed by atoms with E-state index in [9.17, 15) is 4.79 Å². The molecular weight excluding hydrogens is 286 g/mol. The number of hydrogen-bond acceptors (Lipinski definition) is 5. The quantitative estimate of drug-likeness (QED) is 0.875. The Kier molecular flexibility index (Phi) is 4.05. The molecule has 0 unspecified atom stereocenters. The first-order chi connectivity index (χ1) is 10.1. The van der Waals surface area contributed by atoms with Crippen LogP contribution >= 0.6 is 11.3 Å². The maximum Gasteiger partial charge on any atom is 0.230 e. The SMILES string of the molecule is Cc1nc([C@@H]2CCCN(C(=O)[C@@H](C)c3cccs3)C2)no1. The predicted octanol–water partition coefficient (Wildman–Crippen LogP) is 2.95. The molecule has 112 valence electrons. The van der Waals surface area contributed by atoms with Crippen LogP contribution < -0.4 is 0 Å². The minimum atomic E-state index is -0.0734. The molecule has 2 atom stereocenters. The Bertz CT molecular complexity index is 608. The topological polar surface area (TPSA) is 59.2 Å². The number of piperidine rings is 1. The lowest BCUT2D eigenvalue weighted by Crippen LogP contribution is -2.41. The van der Waals surface area contributed by atoms with Crippen molar-refractivity contribution in [2.75, 3.05) is 13.1 Å². The van der Waals surface area contributed by atoms with Gasteiger partial charge in [0.2, 0.25) is 11.8 Å². The van der Waals surface area contributed by atoms with Crippen molar-refractivity contribution in [2.24, 2.45) is 0 Å². The zero-order valence-corrected chi connectivity index (χ0v) is 13.1. The summed E-state index contributed by atoms with van der Waals surface area (Å²) in [4.78, 5) is 20.0. The number of amides is 1. The van der Waals surface area contributed by atoms with Crippen LogP contribution in [0.3, 0.4) is 0 Å². The van der Waals surface area contributed by atoms with Gasteiger partial charge in [0.1, 0.15) is 0 Å². The van der Waals surface area contributed by atoms with Gasteiger partial charge >= 0.3 is 0 Å². The van der Waals surface area contributed by atoms with Crippen molar-refractivity contribution in [1.82, 2.24) is 15.0 Å². The fraction of sp³-hybridized carbons (Fsp3) is 0.533. The maximum absolute atomic E-state index is 12.6. The van der Waals surface area contributed by atoms with Crippen molar-refractivity contribution in [1.29, 1.82) is 0 Å². The van der Waals surface area contributed by atoms with Gasteiger partial charge in [-0.25, -0.2) is 0 Å². The zero-order chi connectivity index (χ0) is 14.8. The third-order valence-corrected chi connectivity index (χ3v) is 5.04. The van der Waals surface area contributed by atoms with Gasteiger partial charge in [-0.05, 0) is 31.2 Å². The Labute approximate surface area is 128 Å². The highest BCUT2D eigenvalue weighted by Gasteiger charge is 2.30. The highest BCUT2D eigenvalue weighted by molar-refractivity contribution is 7.10. The lowest BCUT2D eigenvalue weighted by atomic mass is 9.96. The molecule has 3 heterocycles. The van der Waals surface area contributed by atoms with Crippen LogP contribution in [0.25, 0.3) is 0 Å². The second kappa shape index (κ2) is 5.97. The fourth-order valence-corrected chi connectivity index (χ4v) is 3.58. The summed E-state index contributed by atoms with van der Waals surface area (Å²) < 4.78 is 5.06. The average molecular weight is 305 g/mol. The summed E-state index contributed by atoms with van der Waals surface area (Å²) in [5.74, 6) is 1.63. The lowest BCUT2D eigenvalue weighted by molar-refractivity contribution is -0.133. The second-order valence-corrected chi connectivity index (χ2v) is 6.51. The van der Waals surface area contributed by atoms with E-state index in [-0.39, 0.29) is 17.7 Å². The zero-order valence-electron chi connectivity index (χ0n) is 12.3. The number of aryl methyl sites for hydroxylation is 1. The maximum atomic E-state index is 12.6. The van der Waals surface area contributed by atoms with E-state index in [0.29, 0.717) is 12.4 Å². The van der Waals surface area contributed by atoms with Crippen molar-refractivity contribution in [3.05, 3.63) is 34.1 Å². The minimum Gasteiger partial charge on any atom is -0.341 e. The Morgan fingerprint density at radius 3 is 3.10 bits per heavy atom. The molecule has 1 aliphatic rings. The molecule has 1 fully saturated rings. The molecule has 0 bridgehead atoms. The van der Waals surface area contributed by atoms with Crippen molar-refractivity contribution in [3.63, 3.8) is 0 Å². The first-order valence-electron chi connectivity index (χ1n) is 7.27. The molecule has 0 spiro atoms. The van der Waals surface area contributed by atoms with Crippen LogP contribution in [0.15, 0.2) is 22.0 Å². The van der Waals surface area contributed by atoms with Gasteiger partial charge in [-0.2, -0.15) is 4.98 Å². The van der Waals surface area contributed by atoms with Crippen LogP contribution in [0.1, 0.15) is 48.2 Å². The average Bonchev–Trinajstić information content (AvgIpc) is 3.17. The molecule has 2 aromatic rings. The Morgan fingerprint density at radius 2 is 2.43 bits per heavy atom. The first-order valence-corrected chi connectivity index (χ1v) is 8.15. The molecule has 0 aliphatic carbocycles. The molecule has 1 amide bonds. The first kappa shape index (κ1) is 14.3. The van der Waals surface area contributed by atoms with Gasteiger partial charge in [-0.15, -0.1) is 11.3 Å². The van der Waals surface area contributed by atoms with Crippen molar-refractivity contribution < 1.29 is 9.32 Å². The van der Waals surface area contributed by atoms with E-state index in [4.69, 9.17) is 4.52 Å². The molecular formula is C15H19N3O2S. The molecule has 1 aliphatic heterocycles. The molecule has 3 rings (SSSR count). The molecule has 5 nitrogen and oxygen atoms in total. The van der Waals surface area contributed by atoms with Gasteiger partial charge < -0.3 is 9.42 Å². The van der Waals surface area contributed by atoms with Crippen LogP contribution in [0.5, 0.6) is 0 Å². The summed E-state index contributed by atoms with van der Waals surface area (Å²) in [7, 11) is 0. The molecule has 0 N–H and O–H groups in total. The largest absolute Gasteiger partial charge is 0.341 e. The minimum absolute atomic E-state index is 0.0734. The summed E-state index contributed by atoms with van der Waals surface area (Å²) in [6.45, 7) is 5.28. The Balaban J connectivity index is 1.69. The van der Waals surface area contributed by atoms with Gasteiger partial charge in [-0.3, -0.25) is 4.79 Å². The number of thiophene rings is 1. The smallest absolute Gasteiger partial charge is 0.230 e. The van der Waals surface area contributed by atoms with Gasteiger partial charge in [-0.1, -0.05) is 11.2 Å². The van der Waals surface area contributed by atoms with Crippen molar-refractivity contribution in [2.45, 2.75) is 38.5 Å². The summed E-state index contributed by atoms with van der Waals surface area (Å²) in [6.07, 6.45) is 2.00. The molecule has 0 aromatic carbocycles. The summed E-state index contributed by atoms with van der Waals surface area (Å²) in [6, 6.07) is 4.02. The lowest BCUT2D eigenvalue weighted by Gasteiger charge is -2.33. The summed E-state index contributed by atoms with van der Waals surface area (Å²) >= 11 is 1.64. The fourth-order valence-electron chi connectivity index (χ4n) is 2.80. The normalized spacial score (nSPS) is 20.5. The highest BCUT2D eigenvalue weighted by atomic mass is 32.1. The van der Waals surface area contributed by atoms with Gasteiger partial charge in [0.05, 0.1) is 5.92 Å². The van der Waals surface area contributed by atoms with Crippen LogP contribution in [0.2, 0.25) is 0 Å². The molecule has 6 heteroatoms. The number of rotatable bonds is 3. The van der Waals surface area contributed by atoms with Crippen LogP contribution in [0, 0.1) is 6.92 Å². The summed E-state index contributed by atoms with van der Waals surface area (Å²) in [5, 5.41) is 6.02. The number of nitrogens with zero attached hydrogens (tertiary/aromatic N) is 3. The van der Waals surface area contributed by atoms with Crippen molar-refractivity contribution in [3.8, 4) is 0 Å². The third-order valence-electron chi connectivity index (χ3n) is 3.98. The number of hydrogen-bond donors (Lipinski definition) is 0. The van der Waals surface area contributed by atoms with E-state index in [1.54, 1.807) is 18.3 Å². The van der Waals surface area contributed by atoms with Crippen molar-refractivity contribution >= 4 is 17.2 Å². The third kappa shape index (κ3) is 3.00. The molecule has 2 aromatic heterocycles. The van der Waals surface area contributed by atoms with Gasteiger partial charge in [0, 0.05) is 30.8 Å². The molecule has 0 saturated carbocycles. The van der Waals surface area contributed by atoms with E-state index in [1.807, 2.05) is 29.3 Å². The number of carbonyl (C=O) groups is 1. The molecule has 21 heavy (non-hydrogen) atoms. The van der Waals surface area contributed by atoms with E-state index >= 15 is 0 Å². The Hall–Kier alpha value is -1.69. The van der Waals surface area contributed by atoms with E-state index in [2.05, 4.69) is 10.1 Å². The standard InChI is InChI=1S/C15H19N3O2S/c1-10(13-6-4-8-21-13)15(19)18-7-3-5-12(9-18)14-16-11(2)20-17-14/h4,6,8,10,12H,3,5,7,9H2,1-2H3/t10-,12+/m0/s1. The molecule has 0 radical (unpaired) electrons. The van der Waals surface area contributed by atoms with E-state index in [0.717, 1.165) is 30.1 Å². The van der Waals surface area contributed by atoms with E-state index < -0.39 is 0 Å². The van der Waals surface area contributed by atoms with Crippen LogP contribution in [-0.4, -0.2) is 34.0 Å². The monoisotopic (exact) mass is 305 g/mol. The van der Waals surface area contributed by atoms with Crippen LogP contribution in [-0.2, 0) is 4.79 Å². The van der Waals surface area contributed by atoms with Gasteiger partial charge in [0.25, 0.3) is 0 Å². The highest BCUT2D eigenvalue weighted by Crippen LogP contribution is 2.29. The summed E-state index contributed by atoms with van der Waals surface area (Å²) in [5.41, 5.74) is 0. The Morgan fingerprint density at radius 1 is 1.57 bits per heavy atom. The number of carbonyl (C=O) groups excluding carboxylic acids is 1.